The van der Waals surface area contributed by atoms with E-state index in [2.05, 4.69) is 20.4 Å². The smallest absolute Gasteiger partial charge is 0.240 e. The number of furan rings is 1. The number of halogens is 1. The predicted molar refractivity (Wildman–Crippen MR) is 105 cm³/mol. The van der Waals surface area contributed by atoms with Gasteiger partial charge in [0.05, 0.1) is 18.6 Å². The topological polar surface area (TPSA) is 91.6 Å². The molecule has 11 heteroatoms. The SMILES string of the molecule is CC(Cl)C(=O)N1CCN(c2nnc(SCC(=O)NCc3ccco3)s2)CC1. The van der Waals surface area contributed by atoms with Crippen LogP contribution < -0.4 is 10.2 Å². The first kappa shape index (κ1) is 20.0. The highest BCUT2D eigenvalue weighted by Gasteiger charge is 2.25. The van der Waals surface area contributed by atoms with Gasteiger partial charge in [0.2, 0.25) is 16.9 Å². The number of hydrogen-bond donors (Lipinski definition) is 1. The zero-order valence-electron chi connectivity index (χ0n) is 14.8. The first-order chi connectivity index (χ1) is 13.0. The molecule has 1 fully saturated rings. The Morgan fingerprint density at radius 3 is 2.81 bits per heavy atom. The fourth-order valence-corrected chi connectivity index (χ4v) is 4.40. The number of hydrogen-bond acceptors (Lipinski definition) is 8. The summed E-state index contributed by atoms with van der Waals surface area (Å²) in [5.74, 6) is 0.860. The molecule has 1 atom stereocenters. The lowest BCUT2D eigenvalue weighted by atomic mass is 10.3. The average molecular weight is 430 g/mol. The van der Waals surface area contributed by atoms with Gasteiger partial charge in [-0.05, 0) is 19.1 Å². The highest BCUT2D eigenvalue weighted by Crippen LogP contribution is 2.28. The van der Waals surface area contributed by atoms with E-state index in [9.17, 15) is 9.59 Å². The third-order valence-corrected chi connectivity index (χ3v) is 6.27. The molecule has 2 aromatic rings. The Morgan fingerprint density at radius 2 is 2.15 bits per heavy atom. The normalized spacial score (nSPS) is 15.6. The zero-order chi connectivity index (χ0) is 19.2. The van der Waals surface area contributed by atoms with Crippen LogP contribution >= 0.6 is 34.7 Å². The summed E-state index contributed by atoms with van der Waals surface area (Å²) in [5, 5.41) is 11.5. The molecule has 2 amide bonds. The van der Waals surface area contributed by atoms with E-state index in [4.69, 9.17) is 16.0 Å². The van der Waals surface area contributed by atoms with E-state index < -0.39 is 5.38 Å². The third kappa shape index (κ3) is 5.60. The van der Waals surface area contributed by atoms with Crippen molar-refractivity contribution < 1.29 is 14.0 Å². The lowest BCUT2D eigenvalue weighted by molar-refractivity contribution is -0.130. The monoisotopic (exact) mass is 429 g/mol. The third-order valence-electron chi connectivity index (χ3n) is 3.96. The number of amides is 2. The van der Waals surface area contributed by atoms with E-state index in [0.29, 0.717) is 38.5 Å². The molecule has 0 aromatic carbocycles. The van der Waals surface area contributed by atoms with Crippen LogP contribution in [0.25, 0.3) is 0 Å². The van der Waals surface area contributed by atoms with Gasteiger partial charge in [-0.15, -0.1) is 21.8 Å². The molecule has 0 spiro atoms. The number of alkyl halides is 1. The van der Waals surface area contributed by atoms with Gasteiger partial charge >= 0.3 is 0 Å². The zero-order valence-corrected chi connectivity index (χ0v) is 17.1. The second kappa shape index (κ2) is 9.43. The fourth-order valence-electron chi connectivity index (χ4n) is 2.54. The number of anilines is 1. The molecule has 1 saturated heterocycles. The second-order valence-corrected chi connectivity index (χ2v) is 8.76. The van der Waals surface area contributed by atoms with Gasteiger partial charge < -0.3 is 19.5 Å². The van der Waals surface area contributed by atoms with E-state index >= 15 is 0 Å². The predicted octanol–water partition coefficient (Wildman–Crippen LogP) is 1.82. The minimum atomic E-state index is -0.500. The number of nitrogens with zero attached hydrogens (tertiary/aromatic N) is 4. The standard InChI is InChI=1S/C16H20ClN5O3S2/c1-11(17)14(24)21-4-6-22(7-5-21)15-19-20-16(27-15)26-10-13(23)18-9-12-3-2-8-25-12/h2-3,8,11H,4-7,9-10H2,1H3,(H,18,23). The molecule has 0 aliphatic carbocycles. The van der Waals surface area contributed by atoms with E-state index in [1.165, 1.54) is 23.1 Å². The van der Waals surface area contributed by atoms with E-state index in [1.807, 2.05) is 6.07 Å². The molecule has 1 aliphatic heterocycles. The van der Waals surface area contributed by atoms with Crippen LogP contribution in [0.3, 0.4) is 0 Å². The van der Waals surface area contributed by atoms with Gasteiger partial charge in [0, 0.05) is 26.2 Å². The van der Waals surface area contributed by atoms with Crippen molar-refractivity contribution in [2.24, 2.45) is 0 Å². The Hall–Kier alpha value is -1.78. The van der Waals surface area contributed by atoms with E-state index in [-0.39, 0.29) is 17.6 Å². The Bertz CT molecular complexity index is 760. The molecule has 2 aromatic heterocycles. The molecule has 27 heavy (non-hydrogen) atoms. The van der Waals surface area contributed by atoms with Gasteiger partial charge in [0.15, 0.2) is 4.34 Å². The Balaban J connectivity index is 1.42. The maximum absolute atomic E-state index is 11.9. The molecule has 3 heterocycles. The van der Waals surface area contributed by atoms with Crippen LogP contribution in [0, 0.1) is 0 Å². The van der Waals surface area contributed by atoms with Crippen molar-refractivity contribution in [1.82, 2.24) is 20.4 Å². The molecule has 1 N–H and O–H groups in total. The van der Waals surface area contributed by atoms with Crippen molar-refractivity contribution in [3.8, 4) is 0 Å². The molecule has 146 valence electrons. The van der Waals surface area contributed by atoms with Gasteiger partial charge in [0.1, 0.15) is 11.1 Å². The number of rotatable bonds is 7. The van der Waals surface area contributed by atoms with Crippen LogP contribution in [0.1, 0.15) is 12.7 Å². The van der Waals surface area contributed by atoms with E-state index in [1.54, 1.807) is 24.2 Å². The quantitative estimate of drug-likeness (QED) is 0.530. The molecular formula is C16H20ClN5O3S2. The lowest BCUT2D eigenvalue weighted by Crippen LogP contribution is -2.50. The van der Waals surface area contributed by atoms with Crippen molar-refractivity contribution in [3.63, 3.8) is 0 Å². The summed E-state index contributed by atoms with van der Waals surface area (Å²) >= 11 is 8.67. The number of nitrogens with one attached hydrogen (secondary N) is 1. The number of carbonyl (C=O) groups excluding carboxylic acids is 2. The summed E-state index contributed by atoms with van der Waals surface area (Å²) in [6, 6.07) is 3.59. The molecule has 0 radical (unpaired) electrons. The van der Waals surface area contributed by atoms with Crippen molar-refractivity contribution in [2.45, 2.75) is 23.2 Å². The second-order valence-electron chi connectivity index (χ2n) is 5.92. The number of aromatic nitrogens is 2. The lowest BCUT2D eigenvalue weighted by Gasteiger charge is -2.34. The van der Waals surface area contributed by atoms with Gasteiger partial charge in [-0.2, -0.15) is 0 Å². The number of piperazine rings is 1. The minimum Gasteiger partial charge on any atom is -0.467 e. The van der Waals surface area contributed by atoms with Crippen LogP contribution in [-0.2, 0) is 16.1 Å². The maximum Gasteiger partial charge on any atom is 0.240 e. The molecular weight excluding hydrogens is 410 g/mol. The summed E-state index contributed by atoms with van der Waals surface area (Å²) in [6.07, 6.45) is 1.57. The largest absolute Gasteiger partial charge is 0.467 e. The van der Waals surface area contributed by atoms with Crippen LogP contribution in [0.5, 0.6) is 0 Å². The van der Waals surface area contributed by atoms with Gasteiger partial charge in [-0.1, -0.05) is 23.1 Å². The summed E-state index contributed by atoms with van der Waals surface area (Å²) < 4.78 is 5.92. The van der Waals surface area contributed by atoms with Crippen molar-refractivity contribution >= 4 is 51.6 Å². The highest BCUT2D eigenvalue weighted by atomic mass is 35.5. The summed E-state index contributed by atoms with van der Waals surface area (Å²) in [4.78, 5) is 27.7. The van der Waals surface area contributed by atoms with Crippen molar-refractivity contribution in [3.05, 3.63) is 24.2 Å². The molecule has 8 nitrogen and oxygen atoms in total. The average Bonchev–Trinajstić information content (AvgIpc) is 3.36. The van der Waals surface area contributed by atoms with Crippen LogP contribution in [-0.4, -0.2) is 64.2 Å². The summed E-state index contributed by atoms with van der Waals surface area (Å²) in [6.45, 7) is 4.68. The number of thioether (sulfide) groups is 1. The fraction of sp³-hybridized carbons (Fsp3) is 0.500. The Morgan fingerprint density at radius 1 is 1.37 bits per heavy atom. The molecule has 3 rings (SSSR count). The van der Waals surface area contributed by atoms with E-state index in [0.717, 1.165) is 9.47 Å². The minimum absolute atomic E-state index is 0.0367. The first-order valence-electron chi connectivity index (χ1n) is 8.46. The van der Waals surface area contributed by atoms with Gasteiger partial charge in [-0.25, -0.2) is 0 Å². The molecule has 0 saturated carbocycles. The summed E-state index contributed by atoms with van der Waals surface area (Å²) in [5.41, 5.74) is 0. The van der Waals surface area contributed by atoms with Crippen LogP contribution in [0.15, 0.2) is 27.2 Å². The van der Waals surface area contributed by atoms with Crippen LogP contribution in [0.2, 0.25) is 0 Å². The maximum atomic E-state index is 11.9. The van der Waals surface area contributed by atoms with Crippen molar-refractivity contribution in [2.75, 3.05) is 36.8 Å². The van der Waals surface area contributed by atoms with Crippen LogP contribution in [0.4, 0.5) is 5.13 Å². The molecule has 0 bridgehead atoms. The van der Waals surface area contributed by atoms with Crippen molar-refractivity contribution in [1.29, 1.82) is 0 Å². The summed E-state index contributed by atoms with van der Waals surface area (Å²) in [7, 11) is 0. The Kier molecular flexibility index (Phi) is 6.97. The Labute approximate surface area is 170 Å². The first-order valence-corrected chi connectivity index (χ1v) is 10.7. The molecule has 1 aliphatic rings. The van der Waals surface area contributed by atoms with Gasteiger partial charge in [-0.3, -0.25) is 9.59 Å². The number of carbonyl (C=O) groups is 2. The van der Waals surface area contributed by atoms with Gasteiger partial charge in [0.25, 0.3) is 0 Å². The highest BCUT2D eigenvalue weighted by molar-refractivity contribution is 8.01. The molecule has 1 unspecified atom stereocenters.